The van der Waals surface area contributed by atoms with E-state index < -0.39 is 6.09 Å². The van der Waals surface area contributed by atoms with Crippen LogP contribution in [-0.4, -0.2) is 56.8 Å². The van der Waals surface area contributed by atoms with Gasteiger partial charge in [-0.25, -0.2) is 9.59 Å². The largest absolute Gasteiger partial charge is 1.00 e. The van der Waals surface area contributed by atoms with E-state index in [4.69, 9.17) is 9.47 Å². The van der Waals surface area contributed by atoms with Crippen LogP contribution >= 0.6 is 0 Å². The smallest absolute Gasteiger partial charge is 0.414 e. The van der Waals surface area contributed by atoms with Gasteiger partial charge in [0, 0.05) is 34.3 Å². The van der Waals surface area contributed by atoms with Crippen LogP contribution in [0.25, 0.3) is 0 Å². The van der Waals surface area contributed by atoms with E-state index in [9.17, 15) is 9.59 Å². The number of pyridine rings is 1. The number of rotatable bonds is 4. The quantitative estimate of drug-likeness (QED) is 0.568. The first-order chi connectivity index (χ1) is 9.40. The average Bonchev–Trinajstić information content (AvgIpc) is 2.38. The lowest BCUT2D eigenvalue weighted by Crippen LogP contribution is -3.00. The van der Waals surface area contributed by atoms with Crippen molar-refractivity contribution in [2.75, 3.05) is 34.8 Å². The van der Waals surface area contributed by atoms with Gasteiger partial charge in [0.05, 0.1) is 0 Å². The van der Waals surface area contributed by atoms with Gasteiger partial charge in [0.1, 0.15) is 0 Å². The fourth-order valence-electron chi connectivity index (χ4n) is 1.26. The molecule has 0 spiro atoms. The summed E-state index contributed by atoms with van der Waals surface area (Å²) in [7, 11) is 6.47. The molecule has 0 saturated carbocycles. The molecule has 0 fully saturated rings. The summed E-state index contributed by atoms with van der Waals surface area (Å²) in [6, 6.07) is 3.44. The average molecular weight is 362 g/mol. The first-order valence-electron chi connectivity index (χ1n) is 6.12. The zero-order valence-electron chi connectivity index (χ0n) is 12.6. The molecular formula is C13H20BrN3O4. The predicted molar refractivity (Wildman–Crippen MR) is 71.4 cm³/mol. The molecule has 0 unspecified atom stereocenters. The maximum Gasteiger partial charge on any atom is 0.414 e. The lowest BCUT2D eigenvalue weighted by molar-refractivity contribution is -0.698. The molecule has 0 aliphatic rings. The van der Waals surface area contributed by atoms with Crippen molar-refractivity contribution in [2.45, 2.75) is 6.54 Å². The minimum Gasteiger partial charge on any atom is -1.00 e. The Labute approximate surface area is 134 Å². The number of carbonyl (C=O) groups is 2. The van der Waals surface area contributed by atoms with Crippen molar-refractivity contribution in [2.24, 2.45) is 0 Å². The monoisotopic (exact) mass is 361 g/mol. The molecule has 0 aromatic carbocycles. The van der Waals surface area contributed by atoms with Crippen LogP contribution in [0.2, 0.25) is 0 Å². The summed E-state index contributed by atoms with van der Waals surface area (Å²) in [5.74, 6) is 0.435. The summed E-state index contributed by atoms with van der Waals surface area (Å²) in [5.41, 5.74) is 0. The van der Waals surface area contributed by atoms with Gasteiger partial charge in [0.2, 0.25) is 6.20 Å². The van der Waals surface area contributed by atoms with Gasteiger partial charge in [0.15, 0.2) is 25.1 Å². The number of nitrogens with zero attached hydrogens (tertiary/aromatic N) is 3. The summed E-state index contributed by atoms with van der Waals surface area (Å²) < 4.78 is 11.9. The zero-order valence-corrected chi connectivity index (χ0v) is 14.2. The van der Waals surface area contributed by atoms with Crippen LogP contribution in [0.4, 0.5) is 9.59 Å². The Morgan fingerprint density at radius 2 is 1.76 bits per heavy atom. The van der Waals surface area contributed by atoms with E-state index in [1.165, 1.54) is 9.80 Å². The molecule has 21 heavy (non-hydrogen) atoms. The third kappa shape index (κ3) is 6.94. The van der Waals surface area contributed by atoms with Crippen LogP contribution < -0.4 is 26.3 Å². The van der Waals surface area contributed by atoms with Gasteiger partial charge in [-0.2, -0.15) is 4.57 Å². The zero-order chi connectivity index (χ0) is 15.1. The molecule has 1 rings (SSSR count). The Morgan fingerprint density at radius 3 is 2.33 bits per heavy atom. The van der Waals surface area contributed by atoms with Gasteiger partial charge in [-0.1, -0.05) is 0 Å². The van der Waals surface area contributed by atoms with E-state index in [1.54, 1.807) is 57.3 Å². The number of amides is 2. The second kappa shape index (κ2) is 9.17. The van der Waals surface area contributed by atoms with Crippen LogP contribution in [0, 0.1) is 0 Å². The van der Waals surface area contributed by atoms with Gasteiger partial charge in [-0.3, -0.25) is 0 Å². The van der Waals surface area contributed by atoms with E-state index in [-0.39, 0.29) is 29.7 Å². The van der Waals surface area contributed by atoms with Crippen molar-refractivity contribution < 1.29 is 40.6 Å². The number of carbonyl (C=O) groups excluding carboxylic acids is 2. The molecule has 0 atom stereocenters. The van der Waals surface area contributed by atoms with Gasteiger partial charge < -0.3 is 36.3 Å². The van der Waals surface area contributed by atoms with Crippen LogP contribution in [0.15, 0.2) is 24.5 Å². The molecule has 0 N–H and O–H groups in total. The van der Waals surface area contributed by atoms with Crippen molar-refractivity contribution in [3.63, 3.8) is 0 Å². The molecular weight excluding hydrogens is 342 g/mol. The number of hydrogen-bond acceptors (Lipinski definition) is 4. The van der Waals surface area contributed by atoms with Crippen molar-refractivity contribution in [3.8, 4) is 5.75 Å². The SMILES string of the molecule is CN(C)C(=O)OCC[n+]1cccc(OC(=O)N(C)C)c1.[Br-]. The molecule has 1 heterocycles. The molecule has 118 valence electrons. The first kappa shape index (κ1) is 19.2. The standard InChI is InChI=1S/C13H20N3O4.BrH/c1-14(2)12(17)19-9-8-16-7-5-6-11(10-16)20-13(18)15(3)4;/h5-7,10H,8-9H2,1-4H3;1H/q+1;/p-1. The molecule has 1 aromatic rings. The van der Waals surface area contributed by atoms with E-state index >= 15 is 0 Å². The third-order valence-corrected chi connectivity index (χ3v) is 2.34. The molecule has 2 amide bonds. The number of ether oxygens (including phenoxy) is 2. The molecule has 1 aromatic heterocycles. The maximum atomic E-state index is 11.4. The Balaban J connectivity index is 0.00000400. The number of hydrogen-bond donors (Lipinski definition) is 0. The predicted octanol–water partition coefficient (Wildman–Crippen LogP) is -2.26. The van der Waals surface area contributed by atoms with Crippen molar-refractivity contribution in [1.82, 2.24) is 9.80 Å². The lowest BCUT2D eigenvalue weighted by atomic mass is 10.4. The van der Waals surface area contributed by atoms with Gasteiger partial charge in [0.25, 0.3) is 0 Å². The summed E-state index contributed by atoms with van der Waals surface area (Å²) in [5, 5.41) is 0. The highest BCUT2D eigenvalue weighted by Gasteiger charge is 2.11. The fraction of sp³-hybridized carbons (Fsp3) is 0.462. The molecule has 8 heteroatoms. The molecule has 0 saturated heterocycles. The normalized spacial score (nSPS) is 9.33. The summed E-state index contributed by atoms with van der Waals surface area (Å²) in [6.45, 7) is 0.722. The summed E-state index contributed by atoms with van der Waals surface area (Å²) in [4.78, 5) is 25.4. The third-order valence-electron chi connectivity index (χ3n) is 2.34. The van der Waals surface area contributed by atoms with Crippen molar-refractivity contribution in [1.29, 1.82) is 0 Å². The second-order valence-electron chi connectivity index (χ2n) is 4.55. The Hall–Kier alpha value is -1.83. The van der Waals surface area contributed by atoms with Crippen LogP contribution in [-0.2, 0) is 11.3 Å². The molecule has 0 bridgehead atoms. The first-order valence-corrected chi connectivity index (χ1v) is 6.12. The highest BCUT2D eigenvalue weighted by atomic mass is 79.9. The van der Waals surface area contributed by atoms with Gasteiger partial charge >= 0.3 is 12.2 Å². The van der Waals surface area contributed by atoms with Crippen LogP contribution in [0.1, 0.15) is 0 Å². The Kier molecular flexibility index (Phi) is 8.37. The second-order valence-corrected chi connectivity index (χ2v) is 4.55. The van der Waals surface area contributed by atoms with Crippen LogP contribution in [0.3, 0.4) is 0 Å². The van der Waals surface area contributed by atoms with Crippen LogP contribution in [0.5, 0.6) is 5.75 Å². The maximum absolute atomic E-state index is 11.4. The molecule has 7 nitrogen and oxygen atoms in total. The Bertz CT molecular complexity index is 480. The summed E-state index contributed by atoms with van der Waals surface area (Å²) in [6.07, 6.45) is 2.64. The van der Waals surface area contributed by atoms with Gasteiger partial charge in [-0.15, -0.1) is 0 Å². The minimum absolute atomic E-state index is 0. The minimum atomic E-state index is -0.443. The molecule has 0 aliphatic heterocycles. The fourth-order valence-corrected chi connectivity index (χ4v) is 1.26. The molecule has 0 aliphatic carbocycles. The van der Waals surface area contributed by atoms with E-state index in [0.29, 0.717) is 12.3 Å². The molecule has 0 radical (unpaired) electrons. The van der Waals surface area contributed by atoms with Gasteiger partial charge in [-0.05, 0) is 6.07 Å². The topological polar surface area (TPSA) is 63.0 Å². The lowest BCUT2D eigenvalue weighted by Gasteiger charge is -2.10. The Morgan fingerprint density at radius 1 is 1.14 bits per heavy atom. The van der Waals surface area contributed by atoms with Crippen molar-refractivity contribution >= 4 is 12.2 Å². The number of aromatic nitrogens is 1. The summed E-state index contributed by atoms with van der Waals surface area (Å²) >= 11 is 0. The highest BCUT2D eigenvalue weighted by Crippen LogP contribution is 2.06. The van der Waals surface area contributed by atoms with E-state index in [1.807, 2.05) is 0 Å². The number of halogens is 1. The highest BCUT2D eigenvalue weighted by molar-refractivity contribution is 5.69. The van der Waals surface area contributed by atoms with E-state index in [0.717, 1.165) is 0 Å². The van der Waals surface area contributed by atoms with Crippen molar-refractivity contribution in [3.05, 3.63) is 24.5 Å². The van der Waals surface area contributed by atoms with E-state index in [2.05, 4.69) is 0 Å².